The Labute approximate surface area is 116 Å². The monoisotopic (exact) mass is 306 g/mol. The topological polar surface area (TPSA) is 68.3 Å². The van der Waals surface area contributed by atoms with Crippen LogP contribution in [0.1, 0.15) is 11.1 Å². The zero-order chi connectivity index (χ0) is 14.4. The largest absolute Gasteiger partial charge is 0.218 e. The number of sulfone groups is 2. The van der Waals surface area contributed by atoms with Crippen LogP contribution >= 0.6 is 0 Å². The van der Waals surface area contributed by atoms with Gasteiger partial charge in [0.2, 0.25) is 19.7 Å². The van der Waals surface area contributed by atoms with Crippen molar-refractivity contribution in [1.82, 2.24) is 0 Å². The number of hydrogen-bond acceptors (Lipinski definition) is 4. The number of aryl methyl sites for hydroxylation is 2. The molecule has 6 heteroatoms. The fourth-order valence-corrected chi connectivity index (χ4v) is 6.91. The Hall–Kier alpha value is -1.66. The van der Waals surface area contributed by atoms with Crippen molar-refractivity contribution in [1.29, 1.82) is 0 Å². The molecule has 0 saturated heterocycles. The lowest BCUT2D eigenvalue weighted by atomic mass is 10.0. The van der Waals surface area contributed by atoms with Gasteiger partial charge >= 0.3 is 0 Å². The number of rotatable bonds is 0. The highest BCUT2D eigenvalue weighted by atomic mass is 32.2. The number of hydrogen-bond donors (Lipinski definition) is 0. The molecule has 4 rings (SSSR count). The first-order valence-electron chi connectivity index (χ1n) is 6.04. The van der Waals surface area contributed by atoms with Gasteiger partial charge in [-0.05, 0) is 49.2 Å². The van der Waals surface area contributed by atoms with Crippen LogP contribution in [0.5, 0.6) is 0 Å². The first-order chi connectivity index (χ1) is 9.24. The van der Waals surface area contributed by atoms with Gasteiger partial charge in [-0.15, -0.1) is 0 Å². The second kappa shape index (κ2) is 3.15. The van der Waals surface area contributed by atoms with Crippen LogP contribution < -0.4 is 0 Å². The lowest BCUT2D eigenvalue weighted by Crippen LogP contribution is -2.05. The predicted octanol–water partition coefficient (Wildman–Crippen LogP) is 2.26. The van der Waals surface area contributed by atoms with E-state index in [1.54, 1.807) is 38.1 Å². The SMILES string of the molecule is Cc1cc2c3c(c1)S(=O)(=O)c1cc(C)cc(c1-3)S2(=O)=O. The first-order valence-corrected chi connectivity index (χ1v) is 9.01. The van der Waals surface area contributed by atoms with Crippen molar-refractivity contribution in [3.8, 4) is 11.1 Å². The maximum absolute atomic E-state index is 12.6. The van der Waals surface area contributed by atoms with Crippen LogP contribution in [-0.2, 0) is 19.7 Å². The fraction of sp³-hybridized carbons (Fsp3) is 0.143. The van der Waals surface area contributed by atoms with Gasteiger partial charge in [-0.1, -0.05) is 0 Å². The molecule has 0 amide bonds. The normalized spacial score (nSPS) is 19.1. The molecule has 2 aromatic carbocycles. The first kappa shape index (κ1) is 12.1. The molecule has 0 aromatic heterocycles. The summed E-state index contributed by atoms with van der Waals surface area (Å²) in [7, 11) is -7.21. The Bertz CT molecular complexity index is 881. The summed E-state index contributed by atoms with van der Waals surface area (Å²) in [5.74, 6) is 0. The molecule has 0 N–H and O–H groups in total. The molecule has 2 heterocycles. The molecule has 2 aliphatic rings. The summed E-state index contributed by atoms with van der Waals surface area (Å²) in [6.45, 7) is 3.40. The van der Waals surface area contributed by atoms with E-state index in [4.69, 9.17) is 0 Å². The van der Waals surface area contributed by atoms with Crippen LogP contribution in [0.3, 0.4) is 0 Å². The third-order valence-electron chi connectivity index (χ3n) is 3.83. The van der Waals surface area contributed by atoms with Crippen molar-refractivity contribution in [2.75, 3.05) is 0 Å². The third-order valence-corrected chi connectivity index (χ3v) is 7.43. The molecule has 0 unspecified atom stereocenters. The molecule has 4 nitrogen and oxygen atoms in total. The average Bonchev–Trinajstić information content (AvgIpc) is 2.69. The van der Waals surface area contributed by atoms with E-state index in [1.165, 1.54) is 0 Å². The van der Waals surface area contributed by atoms with Crippen molar-refractivity contribution in [2.24, 2.45) is 0 Å². The van der Waals surface area contributed by atoms with Gasteiger partial charge in [-0.2, -0.15) is 0 Å². The Kier molecular flexibility index (Phi) is 1.91. The molecule has 0 saturated carbocycles. The highest BCUT2D eigenvalue weighted by Gasteiger charge is 2.46. The van der Waals surface area contributed by atoms with Gasteiger partial charge in [-0.3, -0.25) is 0 Å². The molecule has 0 aliphatic carbocycles. The van der Waals surface area contributed by atoms with Gasteiger partial charge in [0.15, 0.2) is 0 Å². The van der Waals surface area contributed by atoms with Gasteiger partial charge in [0.25, 0.3) is 0 Å². The van der Waals surface area contributed by atoms with Crippen molar-refractivity contribution in [3.05, 3.63) is 35.4 Å². The summed E-state index contributed by atoms with van der Waals surface area (Å²) in [5.41, 5.74) is 1.99. The van der Waals surface area contributed by atoms with Gasteiger partial charge in [-0.25, -0.2) is 16.8 Å². The summed E-state index contributed by atoms with van der Waals surface area (Å²) < 4.78 is 50.3. The van der Waals surface area contributed by atoms with Crippen molar-refractivity contribution < 1.29 is 16.8 Å². The maximum atomic E-state index is 12.6. The smallest absolute Gasteiger partial charge is 0.207 e. The Morgan fingerprint density at radius 1 is 0.600 bits per heavy atom. The molecule has 2 aromatic rings. The molecule has 2 aliphatic heterocycles. The molecule has 0 atom stereocenters. The van der Waals surface area contributed by atoms with E-state index in [0.29, 0.717) is 22.3 Å². The molecule has 0 bridgehead atoms. The Balaban J connectivity index is 2.40. The molecule has 102 valence electrons. The quantitative estimate of drug-likeness (QED) is 0.500. The predicted molar refractivity (Wildman–Crippen MR) is 72.3 cm³/mol. The van der Waals surface area contributed by atoms with Crippen molar-refractivity contribution in [2.45, 2.75) is 33.4 Å². The molecule has 0 radical (unpaired) electrons. The van der Waals surface area contributed by atoms with Crippen LogP contribution in [0.4, 0.5) is 0 Å². The standard InChI is InChI=1S/C14H10O4S2/c1-7-3-9-13-10(4-7)20(17,18)12-6-8(2)5-11(14(12)13)19(9,15)16/h3-6H,1-2H3. The highest BCUT2D eigenvalue weighted by molar-refractivity contribution is 7.94. The molecular weight excluding hydrogens is 296 g/mol. The Morgan fingerprint density at radius 3 is 1.10 bits per heavy atom. The summed E-state index contributed by atoms with van der Waals surface area (Å²) in [6, 6.07) is 6.20. The fourth-order valence-electron chi connectivity index (χ4n) is 3.02. The molecule has 20 heavy (non-hydrogen) atoms. The van der Waals surface area contributed by atoms with Crippen LogP contribution in [0.2, 0.25) is 0 Å². The van der Waals surface area contributed by atoms with Crippen LogP contribution in [-0.4, -0.2) is 16.8 Å². The lowest BCUT2D eigenvalue weighted by molar-refractivity contribution is 0.596. The van der Waals surface area contributed by atoms with Gasteiger partial charge in [0, 0.05) is 11.1 Å². The summed E-state index contributed by atoms with van der Waals surface area (Å²) >= 11 is 0. The van der Waals surface area contributed by atoms with Gasteiger partial charge in [0.1, 0.15) is 0 Å². The van der Waals surface area contributed by atoms with Crippen LogP contribution in [0.15, 0.2) is 43.8 Å². The minimum atomic E-state index is -3.61. The van der Waals surface area contributed by atoms with Crippen LogP contribution in [0, 0.1) is 13.8 Å². The third kappa shape index (κ3) is 1.13. The van der Waals surface area contributed by atoms with E-state index >= 15 is 0 Å². The second-order valence-corrected chi connectivity index (χ2v) is 9.05. The zero-order valence-corrected chi connectivity index (χ0v) is 12.4. The van der Waals surface area contributed by atoms with E-state index in [1.807, 2.05) is 0 Å². The van der Waals surface area contributed by atoms with Crippen molar-refractivity contribution >= 4 is 19.7 Å². The van der Waals surface area contributed by atoms with E-state index in [2.05, 4.69) is 0 Å². The second-order valence-electron chi connectivity index (χ2n) is 5.28. The molecule has 0 spiro atoms. The minimum Gasteiger partial charge on any atom is -0.218 e. The summed E-state index contributed by atoms with van der Waals surface area (Å²) in [4.78, 5) is 0.483. The van der Waals surface area contributed by atoms with Gasteiger partial charge in [0.05, 0.1) is 19.6 Å². The molecular formula is C14H10O4S2. The molecule has 0 fully saturated rings. The average molecular weight is 306 g/mol. The van der Waals surface area contributed by atoms with E-state index in [-0.39, 0.29) is 19.6 Å². The Morgan fingerprint density at radius 2 is 0.850 bits per heavy atom. The summed E-state index contributed by atoms with van der Waals surface area (Å²) in [5, 5.41) is 0. The zero-order valence-electron chi connectivity index (χ0n) is 10.8. The van der Waals surface area contributed by atoms with E-state index in [0.717, 1.165) is 0 Å². The minimum absolute atomic E-state index is 0.121. The van der Waals surface area contributed by atoms with Gasteiger partial charge < -0.3 is 0 Å². The van der Waals surface area contributed by atoms with E-state index in [9.17, 15) is 16.8 Å². The van der Waals surface area contributed by atoms with E-state index < -0.39 is 19.7 Å². The summed E-state index contributed by atoms with van der Waals surface area (Å²) in [6.07, 6.45) is 0. The highest BCUT2D eigenvalue weighted by Crippen LogP contribution is 2.55. The maximum Gasteiger partial charge on any atom is 0.207 e. The van der Waals surface area contributed by atoms with Crippen LogP contribution in [0.25, 0.3) is 11.1 Å². The lowest BCUT2D eigenvalue weighted by Gasteiger charge is -2.07. The number of benzene rings is 2. The van der Waals surface area contributed by atoms with Crippen molar-refractivity contribution in [3.63, 3.8) is 0 Å².